The first kappa shape index (κ1) is 24.1. The van der Waals surface area contributed by atoms with Gasteiger partial charge in [-0.15, -0.1) is 0 Å². The van der Waals surface area contributed by atoms with Crippen molar-refractivity contribution < 1.29 is 8.42 Å². The Kier molecular flexibility index (Phi) is 7.03. The predicted octanol–water partition coefficient (Wildman–Crippen LogP) is 6.42. The molecule has 0 saturated carbocycles. The molecule has 0 aliphatic carbocycles. The van der Waals surface area contributed by atoms with Crippen LogP contribution in [0.5, 0.6) is 0 Å². The Labute approximate surface area is 216 Å². The molecule has 1 saturated heterocycles. The molecule has 1 aromatic heterocycles. The van der Waals surface area contributed by atoms with E-state index in [0.717, 1.165) is 35.5 Å². The lowest BCUT2D eigenvalue weighted by Gasteiger charge is -2.44. The van der Waals surface area contributed by atoms with Crippen molar-refractivity contribution in [1.82, 2.24) is 9.47 Å². The van der Waals surface area contributed by atoms with E-state index in [4.69, 9.17) is 23.2 Å². The van der Waals surface area contributed by atoms with Gasteiger partial charge in [-0.1, -0.05) is 59.6 Å². The lowest BCUT2D eigenvalue weighted by atomic mass is 9.91. The van der Waals surface area contributed by atoms with E-state index in [2.05, 4.69) is 4.90 Å². The molecule has 0 N–H and O–H groups in total. The summed E-state index contributed by atoms with van der Waals surface area (Å²) in [4.78, 5) is 2.32. The van der Waals surface area contributed by atoms with Gasteiger partial charge in [0.1, 0.15) is 0 Å². The van der Waals surface area contributed by atoms with E-state index < -0.39 is 9.84 Å². The molecule has 35 heavy (non-hydrogen) atoms. The van der Waals surface area contributed by atoms with Gasteiger partial charge in [-0.2, -0.15) is 0 Å². The van der Waals surface area contributed by atoms with Crippen molar-refractivity contribution in [2.45, 2.75) is 11.8 Å². The van der Waals surface area contributed by atoms with Crippen LogP contribution in [0.15, 0.2) is 97.3 Å². The smallest absolute Gasteiger partial charge is 0.154 e. The largest absolute Gasteiger partial charge is 0.324 e. The zero-order chi connectivity index (χ0) is 24.4. The van der Waals surface area contributed by atoms with Crippen LogP contribution in [0.4, 0.5) is 0 Å². The second-order valence-corrected chi connectivity index (χ2v) is 12.1. The topological polar surface area (TPSA) is 42.3 Å². The molecule has 0 radical (unpaired) electrons. The van der Waals surface area contributed by atoms with Crippen molar-refractivity contribution in [3.05, 3.63) is 124 Å². The van der Waals surface area contributed by atoms with Gasteiger partial charge in [0.05, 0.1) is 17.5 Å². The number of hydrogen-bond acceptors (Lipinski definition) is 3. The van der Waals surface area contributed by atoms with Crippen LogP contribution in [0.1, 0.15) is 22.7 Å². The van der Waals surface area contributed by atoms with Gasteiger partial charge in [-0.25, -0.2) is 8.42 Å². The second-order valence-electron chi connectivity index (χ2n) is 9.14. The van der Waals surface area contributed by atoms with Crippen LogP contribution in [-0.4, -0.2) is 36.7 Å². The van der Waals surface area contributed by atoms with Crippen molar-refractivity contribution >= 4 is 33.0 Å². The highest BCUT2D eigenvalue weighted by Crippen LogP contribution is 2.36. The first-order valence-corrected chi connectivity index (χ1v) is 14.1. The van der Waals surface area contributed by atoms with E-state index in [1.165, 1.54) is 0 Å². The number of nitrogens with zero attached hydrogens (tertiary/aromatic N) is 2. The molecular formula is C28H26Cl2N2O2S. The third kappa shape index (κ3) is 5.81. The molecule has 3 aromatic carbocycles. The summed E-state index contributed by atoms with van der Waals surface area (Å²) in [6.45, 7) is 1.44. The highest BCUT2D eigenvalue weighted by molar-refractivity contribution is 7.90. The van der Waals surface area contributed by atoms with Crippen LogP contribution in [0.25, 0.3) is 5.69 Å². The minimum atomic E-state index is -3.24. The van der Waals surface area contributed by atoms with Gasteiger partial charge in [0.15, 0.2) is 9.84 Å². The Morgan fingerprint density at radius 3 is 1.94 bits per heavy atom. The molecule has 180 valence electrons. The average molecular weight is 526 g/mol. The number of aromatic nitrogens is 1. The monoisotopic (exact) mass is 524 g/mol. The molecule has 0 unspecified atom stereocenters. The van der Waals surface area contributed by atoms with E-state index in [9.17, 15) is 8.42 Å². The van der Waals surface area contributed by atoms with Crippen LogP contribution in [0.2, 0.25) is 10.0 Å². The van der Waals surface area contributed by atoms with Gasteiger partial charge < -0.3 is 4.57 Å². The van der Waals surface area contributed by atoms with E-state index in [1.807, 2.05) is 102 Å². The maximum atomic E-state index is 13.0. The Hall–Kier alpha value is -2.57. The van der Waals surface area contributed by atoms with E-state index in [1.54, 1.807) is 0 Å². The number of benzene rings is 3. The average Bonchev–Trinajstić information content (AvgIpc) is 3.35. The molecule has 7 heteroatoms. The fourth-order valence-corrected chi connectivity index (χ4v) is 6.80. The zero-order valence-corrected chi connectivity index (χ0v) is 21.4. The molecule has 1 aliphatic heterocycles. The van der Waals surface area contributed by atoms with Crippen molar-refractivity contribution in [2.24, 2.45) is 5.92 Å². The molecule has 2 heterocycles. The first-order valence-electron chi connectivity index (χ1n) is 11.5. The fraction of sp³-hybridized carbons (Fsp3) is 0.214. The lowest BCUT2D eigenvalue weighted by Crippen LogP contribution is -2.51. The Morgan fingerprint density at radius 1 is 0.800 bits per heavy atom. The summed E-state index contributed by atoms with van der Waals surface area (Å²) in [6, 6.07) is 27.3. The summed E-state index contributed by atoms with van der Waals surface area (Å²) in [6.07, 6.45) is 3.91. The van der Waals surface area contributed by atoms with Crippen molar-refractivity contribution in [3.63, 3.8) is 0 Å². The van der Waals surface area contributed by atoms with Gasteiger partial charge in [0, 0.05) is 41.2 Å². The third-order valence-corrected chi connectivity index (χ3v) is 8.67. The molecular weight excluding hydrogens is 499 g/mol. The van der Waals surface area contributed by atoms with Crippen molar-refractivity contribution in [2.75, 3.05) is 18.8 Å². The van der Waals surface area contributed by atoms with Gasteiger partial charge in [0.2, 0.25) is 0 Å². The molecule has 4 aromatic rings. The lowest BCUT2D eigenvalue weighted by molar-refractivity contribution is 0.0812. The molecule has 0 amide bonds. The number of hydrogen-bond donors (Lipinski definition) is 0. The summed E-state index contributed by atoms with van der Waals surface area (Å²) >= 11 is 12.2. The van der Waals surface area contributed by atoms with Crippen molar-refractivity contribution in [1.29, 1.82) is 0 Å². The van der Waals surface area contributed by atoms with Crippen LogP contribution in [0, 0.1) is 5.92 Å². The number of rotatable bonds is 8. The van der Waals surface area contributed by atoms with Crippen LogP contribution in [-0.2, 0) is 15.6 Å². The molecule has 4 nitrogen and oxygen atoms in total. The van der Waals surface area contributed by atoms with E-state index in [-0.39, 0.29) is 23.5 Å². The standard InChI is InChI=1S/C28H26Cl2N2O2S/c29-25-10-6-23(7-11-25)28(24-8-12-26(30)13-9-24)32-17-22(18-32)20-35(33,34)19-21-4-3-5-27(16-21)31-14-1-2-15-31/h1-16,22,28H,17-20H2. The Bertz CT molecular complexity index is 1330. The number of sulfone groups is 1. The minimum Gasteiger partial charge on any atom is -0.324 e. The molecule has 0 spiro atoms. The highest BCUT2D eigenvalue weighted by atomic mass is 35.5. The highest BCUT2D eigenvalue weighted by Gasteiger charge is 2.36. The molecule has 0 atom stereocenters. The zero-order valence-electron chi connectivity index (χ0n) is 19.1. The Balaban J connectivity index is 1.26. The molecule has 0 bridgehead atoms. The van der Waals surface area contributed by atoms with E-state index >= 15 is 0 Å². The van der Waals surface area contributed by atoms with Crippen molar-refractivity contribution in [3.8, 4) is 5.69 Å². The maximum absolute atomic E-state index is 13.0. The summed E-state index contributed by atoms with van der Waals surface area (Å²) in [7, 11) is -3.24. The minimum absolute atomic E-state index is 0.0294. The summed E-state index contributed by atoms with van der Waals surface area (Å²) < 4.78 is 28.1. The quantitative estimate of drug-likeness (QED) is 0.267. The van der Waals surface area contributed by atoms with Gasteiger partial charge >= 0.3 is 0 Å². The first-order chi connectivity index (χ1) is 16.9. The van der Waals surface area contributed by atoms with Crippen LogP contribution >= 0.6 is 23.2 Å². The molecule has 5 rings (SSSR count). The second kappa shape index (κ2) is 10.2. The number of likely N-dealkylation sites (tertiary alicyclic amines) is 1. The third-order valence-electron chi connectivity index (χ3n) is 6.41. The summed E-state index contributed by atoms with van der Waals surface area (Å²) in [5.74, 6) is 0.344. The van der Waals surface area contributed by atoms with Gasteiger partial charge in [-0.3, -0.25) is 4.90 Å². The van der Waals surface area contributed by atoms with Crippen LogP contribution < -0.4 is 0 Å². The van der Waals surface area contributed by atoms with Crippen LogP contribution in [0.3, 0.4) is 0 Å². The Morgan fingerprint density at radius 2 is 1.37 bits per heavy atom. The van der Waals surface area contributed by atoms with Gasteiger partial charge in [-0.05, 0) is 71.1 Å². The maximum Gasteiger partial charge on any atom is 0.154 e. The van der Waals surface area contributed by atoms with E-state index in [0.29, 0.717) is 10.0 Å². The molecule has 1 aliphatic rings. The normalized spacial score (nSPS) is 14.8. The molecule has 1 fully saturated rings. The van der Waals surface area contributed by atoms with Gasteiger partial charge in [0.25, 0.3) is 0 Å². The fourth-order valence-electron chi connectivity index (χ4n) is 4.82. The summed E-state index contributed by atoms with van der Waals surface area (Å²) in [5, 5.41) is 1.38. The predicted molar refractivity (Wildman–Crippen MR) is 143 cm³/mol. The summed E-state index contributed by atoms with van der Waals surface area (Å²) in [5.41, 5.74) is 4.03. The SMILES string of the molecule is O=S(=O)(Cc1cccc(-n2cccc2)c1)CC1CN(C(c2ccc(Cl)cc2)c2ccc(Cl)cc2)C1. The number of halogens is 2.